The Balaban J connectivity index is 1.56. The Bertz CT molecular complexity index is 728. The van der Waals surface area contributed by atoms with Crippen LogP contribution in [0.2, 0.25) is 0 Å². The van der Waals surface area contributed by atoms with Crippen LogP contribution in [0.5, 0.6) is 11.5 Å². The first-order chi connectivity index (χ1) is 11.1. The lowest BCUT2D eigenvalue weighted by Gasteiger charge is -2.26. The topological polar surface area (TPSA) is 87.9 Å². The van der Waals surface area contributed by atoms with Crippen LogP contribution in [0, 0.1) is 10.1 Å². The van der Waals surface area contributed by atoms with Crippen LogP contribution in [0.15, 0.2) is 48.5 Å². The Morgan fingerprint density at radius 1 is 1.17 bits per heavy atom. The minimum Gasteiger partial charge on any atom is -0.486 e. The third-order valence-electron chi connectivity index (χ3n) is 3.28. The molecule has 0 radical (unpaired) electrons. The Kier molecular flexibility index (Phi) is 4.09. The molecule has 0 saturated carbocycles. The molecule has 23 heavy (non-hydrogen) atoms. The van der Waals surface area contributed by atoms with Crippen molar-refractivity contribution in [1.82, 2.24) is 0 Å². The van der Waals surface area contributed by atoms with Gasteiger partial charge >= 0.3 is 5.97 Å². The van der Waals surface area contributed by atoms with E-state index in [0.29, 0.717) is 11.5 Å². The summed E-state index contributed by atoms with van der Waals surface area (Å²) in [5, 5.41) is 10.6. The number of carbonyl (C=O) groups is 1. The van der Waals surface area contributed by atoms with Crippen molar-refractivity contribution in [3.63, 3.8) is 0 Å². The summed E-state index contributed by atoms with van der Waals surface area (Å²) in [5.74, 6) is 0.697. The first kappa shape index (κ1) is 14.8. The van der Waals surface area contributed by atoms with Gasteiger partial charge in [-0.05, 0) is 24.3 Å². The summed E-state index contributed by atoms with van der Waals surface area (Å²) in [4.78, 5) is 22.0. The monoisotopic (exact) mass is 315 g/mol. The number of para-hydroxylation sites is 2. The van der Waals surface area contributed by atoms with Crippen LogP contribution < -0.4 is 9.47 Å². The lowest BCUT2D eigenvalue weighted by molar-refractivity contribution is -0.384. The number of hydrogen-bond acceptors (Lipinski definition) is 6. The fourth-order valence-electron chi connectivity index (χ4n) is 2.12. The molecule has 7 nitrogen and oxygen atoms in total. The number of rotatable bonds is 4. The zero-order valence-electron chi connectivity index (χ0n) is 12.0. The summed E-state index contributed by atoms with van der Waals surface area (Å²) in [7, 11) is 0. The van der Waals surface area contributed by atoms with Crippen molar-refractivity contribution in [3.05, 3.63) is 64.2 Å². The van der Waals surface area contributed by atoms with Gasteiger partial charge < -0.3 is 14.2 Å². The van der Waals surface area contributed by atoms with E-state index >= 15 is 0 Å². The molecule has 0 aliphatic carbocycles. The normalized spacial score (nSPS) is 15.7. The fourth-order valence-corrected chi connectivity index (χ4v) is 2.12. The second-order valence-electron chi connectivity index (χ2n) is 4.90. The highest BCUT2D eigenvalue weighted by Crippen LogP contribution is 2.30. The maximum atomic E-state index is 11.9. The van der Waals surface area contributed by atoms with E-state index in [1.807, 2.05) is 12.1 Å². The van der Waals surface area contributed by atoms with E-state index in [0.717, 1.165) is 0 Å². The van der Waals surface area contributed by atoms with Crippen LogP contribution in [0.1, 0.15) is 10.4 Å². The molecule has 2 aromatic carbocycles. The molecular formula is C16H13NO6. The highest BCUT2D eigenvalue weighted by Gasteiger charge is 2.22. The summed E-state index contributed by atoms with van der Waals surface area (Å²) in [6.45, 7) is 0.314. The molecule has 0 amide bonds. The number of nitrogens with zero attached hydrogens (tertiary/aromatic N) is 1. The molecule has 0 bridgehead atoms. The third kappa shape index (κ3) is 3.39. The summed E-state index contributed by atoms with van der Waals surface area (Å²) in [6.07, 6.45) is -0.396. The molecule has 3 rings (SSSR count). The number of fused-ring (bicyclic) bond motifs is 1. The number of carbonyl (C=O) groups excluding carboxylic acids is 1. The number of esters is 1. The summed E-state index contributed by atoms with van der Waals surface area (Å²) >= 11 is 0. The molecule has 0 spiro atoms. The lowest BCUT2D eigenvalue weighted by Crippen LogP contribution is -2.34. The van der Waals surface area contributed by atoms with Gasteiger partial charge in [0.2, 0.25) is 0 Å². The first-order valence-corrected chi connectivity index (χ1v) is 6.93. The largest absolute Gasteiger partial charge is 0.486 e. The van der Waals surface area contributed by atoms with Gasteiger partial charge in [-0.15, -0.1) is 0 Å². The van der Waals surface area contributed by atoms with Crippen LogP contribution >= 0.6 is 0 Å². The second kappa shape index (κ2) is 6.35. The van der Waals surface area contributed by atoms with E-state index < -0.39 is 17.0 Å². The molecule has 1 aliphatic rings. The predicted octanol–water partition coefficient (Wildman–Crippen LogP) is 2.59. The van der Waals surface area contributed by atoms with Crippen LogP contribution in [0.4, 0.5) is 5.69 Å². The van der Waals surface area contributed by atoms with Gasteiger partial charge in [0.1, 0.15) is 13.2 Å². The summed E-state index contributed by atoms with van der Waals surface area (Å²) in [6, 6.07) is 12.5. The minimum absolute atomic E-state index is 0.0319. The van der Waals surface area contributed by atoms with Crippen molar-refractivity contribution in [2.75, 3.05) is 13.2 Å². The Morgan fingerprint density at radius 3 is 2.57 bits per heavy atom. The molecule has 1 heterocycles. The molecule has 0 N–H and O–H groups in total. The maximum Gasteiger partial charge on any atom is 0.338 e. The van der Waals surface area contributed by atoms with Crippen molar-refractivity contribution in [2.24, 2.45) is 0 Å². The quantitative estimate of drug-likeness (QED) is 0.489. The molecule has 0 saturated heterocycles. The molecule has 0 aromatic heterocycles. The van der Waals surface area contributed by atoms with Gasteiger partial charge in [0.15, 0.2) is 17.6 Å². The Hall–Kier alpha value is -3.09. The number of hydrogen-bond donors (Lipinski definition) is 0. The average Bonchev–Trinajstić information content (AvgIpc) is 2.59. The van der Waals surface area contributed by atoms with Crippen LogP contribution in [-0.4, -0.2) is 30.2 Å². The van der Waals surface area contributed by atoms with Gasteiger partial charge in [-0.1, -0.05) is 12.1 Å². The minimum atomic E-state index is -0.567. The molecular weight excluding hydrogens is 302 g/mol. The molecule has 1 aliphatic heterocycles. The number of non-ortho nitro benzene ring substituents is 1. The van der Waals surface area contributed by atoms with Crippen molar-refractivity contribution >= 4 is 11.7 Å². The van der Waals surface area contributed by atoms with Gasteiger partial charge in [0.25, 0.3) is 5.69 Å². The van der Waals surface area contributed by atoms with Crippen molar-refractivity contribution in [2.45, 2.75) is 6.10 Å². The maximum absolute atomic E-state index is 11.9. The summed E-state index contributed by atoms with van der Waals surface area (Å²) < 4.78 is 16.4. The standard InChI is InChI=1S/C16H13NO6/c18-16(11-5-7-12(8-6-11)17(19)20)22-10-13-9-21-14-3-1-2-4-15(14)23-13/h1-8,13H,9-10H2/t13-/m0/s1. The molecule has 2 aromatic rings. The molecule has 0 unspecified atom stereocenters. The number of benzene rings is 2. The SMILES string of the molecule is O=C(OC[C@@H]1COc2ccccc2O1)c1ccc([N+](=O)[O-])cc1. The number of nitro groups is 1. The molecule has 1 atom stereocenters. The zero-order chi connectivity index (χ0) is 16.2. The molecule has 118 valence electrons. The van der Waals surface area contributed by atoms with Crippen molar-refractivity contribution in [1.29, 1.82) is 0 Å². The van der Waals surface area contributed by atoms with E-state index in [4.69, 9.17) is 14.2 Å². The van der Waals surface area contributed by atoms with E-state index in [9.17, 15) is 14.9 Å². The van der Waals surface area contributed by atoms with Crippen LogP contribution in [0.25, 0.3) is 0 Å². The van der Waals surface area contributed by atoms with Gasteiger partial charge in [0.05, 0.1) is 10.5 Å². The van der Waals surface area contributed by atoms with E-state index in [2.05, 4.69) is 0 Å². The number of nitro benzene ring substituents is 1. The van der Waals surface area contributed by atoms with Gasteiger partial charge in [-0.3, -0.25) is 10.1 Å². The fraction of sp³-hybridized carbons (Fsp3) is 0.188. The Labute approximate surface area is 131 Å². The van der Waals surface area contributed by atoms with Gasteiger partial charge in [0, 0.05) is 12.1 Å². The zero-order valence-corrected chi connectivity index (χ0v) is 12.0. The third-order valence-corrected chi connectivity index (χ3v) is 3.28. The Morgan fingerprint density at radius 2 is 1.87 bits per heavy atom. The highest BCUT2D eigenvalue weighted by atomic mass is 16.6. The van der Waals surface area contributed by atoms with Crippen LogP contribution in [-0.2, 0) is 4.74 Å². The summed E-state index contributed by atoms with van der Waals surface area (Å²) in [5.41, 5.74) is 0.162. The van der Waals surface area contributed by atoms with E-state index in [1.165, 1.54) is 24.3 Å². The van der Waals surface area contributed by atoms with E-state index in [-0.39, 0.29) is 24.5 Å². The predicted molar refractivity (Wildman–Crippen MR) is 79.7 cm³/mol. The lowest BCUT2D eigenvalue weighted by atomic mass is 10.2. The van der Waals surface area contributed by atoms with Gasteiger partial charge in [-0.25, -0.2) is 4.79 Å². The number of ether oxygens (including phenoxy) is 3. The highest BCUT2D eigenvalue weighted by molar-refractivity contribution is 5.89. The average molecular weight is 315 g/mol. The van der Waals surface area contributed by atoms with Crippen molar-refractivity contribution in [3.8, 4) is 11.5 Å². The van der Waals surface area contributed by atoms with Crippen molar-refractivity contribution < 1.29 is 23.9 Å². The van der Waals surface area contributed by atoms with Gasteiger partial charge in [-0.2, -0.15) is 0 Å². The van der Waals surface area contributed by atoms with E-state index in [1.54, 1.807) is 12.1 Å². The molecule has 0 fully saturated rings. The van der Waals surface area contributed by atoms with Crippen LogP contribution in [0.3, 0.4) is 0 Å². The second-order valence-corrected chi connectivity index (χ2v) is 4.90. The first-order valence-electron chi connectivity index (χ1n) is 6.93. The molecule has 7 heteroatoms. The smallest absolute Gasteiger partial charge is 0.338 e.